The van der Waals surface area contributed by atoms with Crippen LogP contribution in [0.5, 0.6) is 0 Å². The molecule has 0 bridgehead atoms. The van der Waals surface area contributed by atoms with Crippen molar-refractivity contribution in [2.75, 3.05) is 26.2 Å². The van der Waals surface area contributed by atoms with Crippen LogP contribution in [0.25, 0.3) is 11.1 Å². The van der Waals surface area contributed by atoms with Crippen molar-refractivity contribution in [3.63, 3.8) is 0 Å². The van der Waals surface area contributed by atoms with Gasteiger partial charge < -0.3 is 10.0 Å². The largest absolute Gasteiger partial charge is 0.478 e. The Morgan fingerprint density at radius 1 is 0.960 bits per heavy atom. The first-order chi connectivity index (χ1) is 12.0. The van der Waals surface area contributed by atoms with Gasteiger partial charge in [0.05, 0.1) is 5.56 Å². The van der Waals surface area contributed by atoms with E-state index in [1.807, 2.05) is 41.3 Å². The maximum atomic E-state index is 11.4. The zero-order valence-electron chi connectivity index (χ0n) is 14.3. The monoisotopic (exact) mass is 338 g/mol. The van der Waals surface area contributed by atoms with Gasteiger partial charge in [-0.1, -0.05) is 42.5 Å². The Labute approximate surface area is 147 Å². The van der Waals surface area contributed by atoms with Gasteiger partial charge in [-0.25, -0.2) is 4.79 Å². The third kappa shape index (κ3) is 4.06. The number of carbonyl (C=O) groups excluding carboxylic acids is 1. The minimum atomic E-state index is -0.914. The predicted molar refractivity (Wildman–Crippen MR) is 96.4 cm³/mol. The normalized spacial score (nSPS) is 15.2. The van der Waals surface area contributed by atoms with Crippen LogP contribution >= 0.6 is 0 Å². The van der Waals surface area contributed by atoms with E-state index < -0.39 is 5.97 Å². The molecule has 0 aromatic heterocycles. The highest BCUT2D eigenvalue weighted by molar-refractivity contribution is 5.95. The highest BCUT2D eigenvalue weighted by Gasteiger charge is 2.18. The Bertz CT molecular complexity index is 763. The van der Waals surface area contributed by atoms with Crippen molar-refractivity contribution in [1.29, 1.82) is 0 Å². The van der Waals surface area contributed by atoms with E-state index in [2.05, 4.69) is 4.90 Å². The number of benzene rings is 2. The first-order valence-electron chi connectivity index (χ1n) is 8.44. The highest BCUT2D eigenvalue weighted by Crippen LogP contribution is 2.24. The van der Waals surface area contributed by atoms with Gasteiger partial charge in [0.25, 0.3) is 0 Å². The lowest BCUT2D eigenvalue weighted by Crippen LogP contribution is -2.47. The van der Waals surface area contributed by atoms with Crippen molar-refractivity contribution in [2.24, 2.45) is 0 Å². The lowest BCUT2D eigenvalue weighted by atomic mass is 9.98. The molecular formula is C20H22N2O3. The van der Waals surface area contributed by atoms with Crippen LogP contribution in [0.2, 0.25) is 0 Å². The van der Waals surface area contributed by atoms with E-state index in [1.54, 1.807) is 19.1 Å². The predicted octanol–water partition coefficient (Wildman–Crippen LogP) is 2.72. The highest BCUT2D eigenvalue weighted by atomic mass is 16.4. The molecule has 1 saturated heterocycles. The number of amides is 1. The van der Waals surface area contributed by atoms with Crippen LogP contribution in [0.1, 0.15) is 22.8 Å². The van der Waals surface area contributed by atoms with Gasteiger partial charge in [-0.3, -0.25) is 9.69 Å². The Balaban J connectivity index is 1.68. The number of aromatic carboxylic acids is 1. The topological polar surface area (TPSA) is 60.9 Å². The van der Waals surface area contributed by atoms with Gasteiger partial charge in [-0.2, -0.15) is 0 Å². The Kier molecular flexibility index (Phi) is 5.14. The van der Waals surface area contributed by atoms with Gasteiger partial charge in [-0.05, 0) is 22.8 Å². The van der Waals surface area contributed by atoms with Gasteiger partial charge in [0.15, 0.2) is 0 Å². The summed E-state index contributed by atoms with van der Waals surface area (Å²) in [6.45, 7) is 5.76. The fourth-order valence-corrected chi connectivity index (χ4v) is 3.19. The SMILES string of the molecule is CC(=O)N1CCN(Cc2ccc(-c3ccccc3C(=O)O)cc2)CC1. The molecule has 0 spiro atoms. The van der Waals surface area contributed by atoms with Crippen LogP contribution < -0.4 is 0 Å². The van der Waals surface area contributed by atoms with Gasteiger partial charge in [-0.15, -0.1) is 0 Å². The first-order valence-corrected chi connectivity index (χ1v) is 8.44. The summed E-state index contributed by atoms with van der Waals surface area (Å²) in [6, 6.07) is 15.1. The van der Waals surface area contributed by atoms with Crippen molar-refractivity contribution >= 4 is 11.9 Å². The molecule has 0 atom stereocenters. The Morgan fingerprint density at radius 2 is 1.60 bits per heavy atom. The first kappa shape index (κ1) is 17.2. The molecule has 1 aliphatic rings. The minimum Gasteiger partial charge on any atom is -0.478 e. The molecule has 3 rings (SSSR count). The number of rotatable bonds is 4. The molecule has 1 fully saturated rings. The van der Waals surface area contributed by atoms with Crippen LogP contribution in [-0.4, -0.2) is 53.0 Å². The van der Waals surface area contributed by atoms with Crippen LogP contribution in [0, 0.1) is 0 Å². The molecule has 1 heterocycles. The molecule has 0 saturated carbocycles. The molecule has 1 amide bonds. The molecular weight excluding hydrogens is 316 g/mol. The molecule has 1 N–H and O–H groups in total. The van der Waals surface area contributed by atoms with Crippen LogP contribution in [0.3, 0.4) is 0 Å². The fourth-order valence-electron chi connectivity index (χ4n) is 3.19. The van der Waals surface area contributed by atoms with Crippen molar-refractivity contribution in [1.82, 2.24) is 9.80 Å². The number of nitrogens with zero attached hydrogens (tertiary/aromatic N) is 2. The molecule has 5 heteroatoms. The second-order valence-electron chi connectivity index (χ2n) is 6.33. The van der Waals surface area contributed by atoms with Gasteiger partial charge >= 0.3 is 5.97 Å². The maximum absolute atomic E-state index is 11.4. The standard InChI is InChI=1S/C20H22N2O3/c1-15(23)22-12-10-21(11-13-22)14-16-6-8-17(9-7-16)18-4-2-3-5-19(18)20(24)25/h2-9H,10-14H2,1H3,(H,24,25). The molecule has 0 unspecified atom stereocenters. The summed E-state index contributed by atoms with van der Waals surface area (Å²) in [4.78, 5) is 27.0. The molecule has 2 aromatic rings. The number of hydrogen-bond donors (Lipinski definition) is 1. The molecule has 1 aliphatic heterocycles. The van der Waals surface area contributed by atoms with Gasteiger partial charge in [0.2, 0.25) is 5.91 Å². The molecule has 25 heavy (non-hydrogen) atoms. The lowest BCUT2D eigenvalue weighted by molar-refractivity contribution is -0.130. The summed E-state index contributed by atoms with van der Waals surface area (Å²) >= 11 is 0. The summed E-state index contributed by atoms with van der Waals surface area (Å²) in [5, 5.41) is 9.32. The van der Waals surface area contributed by atoms with Crippen molar-refractivity contribution in [2.45, 2.75) is 13.5 Å². The molecule has 0 aliphatic carbocycles. The van der Waals surface area contributed by atoms with Crippen LogP contribution in [0.4, 0.5) is 0 Å². The molecule has 5 nitrogen and oxygen atoms in total. The van der Waals surface area contributed by atoms with Crippen molar-refractivity contribution < 1.29 is 14.7 Å². The van der Waals surface area contributed by atoms with E-state index in [0.717, 1.165) is 43.9 Å². The zero-order chi connectivity index (χ0) is 17.8. The zero-order valence-corrected chi connectivity index (χ0v) is 14.3. The van der Waals surface area contributed by atoms with E-state index in [0.29, 0.717) is 5.56 Å². The Hall–Kier alpha value is -2.66. The number of carboxylic acids is 1. The maximum Gasteiger partial charge on any atom is 0.336 e. The lowest BCUT2D eigenvalue weighted by Gasteiger charge is -2.34. The summed E-state index contributed by atoms with van der Waals surface area (Å²) in [6.07, 6.45) is 0. The average molecular weight is 338 g/mol. The summed E-state index contributed by atoms with van der Waals surface area (Å²) in [5.74, 6) is -0.774. The number of carbonyl (C=O) groups is 2. The number of hydrogen-bond acceptors (Lipinski definition) is 3. The summed E-state index contributed by atoms with van der Waals surface area (Å²) < 4.78 is 0. The van der Waals surface area contributed by atoms with Crippen LogP contribution in [0.15, 0.2) is 48.5 Å². The third-order valence-corrected chi connectivity index (χ3v) is 4.65. The van der Waals surface area contributed by atoms with E-state index in [-0.39, 0.29) is 5.91 Å². The Morgan fingerprint density at radius 3 is 2.20 bits per heavy atom. The van der Waals surface area contributed by atoms with Gasteiger partial charge in [0, 0.05) is 39.6 Å². The number of piperazine rings is 1. The van der Waals surface area contributed by atoms with Crippen LogP contribution in [-0.2, 0) is 11.3 Å². The third-order valence-electron chi connectivity index (χ3n) is 4.65. The minimum absolute atomic E-state index is 0.140. The summed E-state index contributed by atoms with van der Waals surface area (Å²) in [5.41, 5.74) is 3.14. The smallest absolute Gasteiger partial charge is 0.336 e. The molecule has 0 radical (unpaired) electrons. The van der Waals surface area contributed by atoms with E-state index in [1.165, 1.54) is 5.56 Å². The van der Waals surface area contributed by atoms with E-state index >= 15 is 0 Å². The fraction of sp³-hybridized carbons (Fsp3) is 0.300. The average Bonchev–Trinajstić information content (AvgIpc) is 2.63. The van der Waals surface area contributed by atoms with Crippen molar-refractivity contribution in [3.05, 3.63) is 59.7 Å². The molecule has 130 valence electrons. The van der Waals surface area contributed by atoms with E-state index in [4.69, 9.17) is 0 Å². The van der Waals surface area contributed by atoms with Crippen molar-refractivity contribution in [3.8, 4) is 11.1 Å². The van der Waals surface area contributed by atoms with E-state index in [9.17, 15) is 14.7 Å². The molecule has 2 aromatic carbocycles. The summed E-state index contributed by atoms with van der Waals surface area (Å²) in [7, 11) is 0. The second kappa shape index (κ2) is 7.49. The second-order valence-corrected chi connectivity index (χ2v) is 6.33. The quantitative estimate of drug-likeness (QED) is 0.931. The number of carboxylic acid groups (broad SMARTS) is 1. The van der Waals surface area contributed by atoms with Gasteiger partial charge in [0.1, 0.15) is 0 Å².